The molecule has 9 heteroatoms. The van der Waals surface area contributed by atoms with Gasteiger partial charge in [-0.15, -0.1) is 0 Å². The Morgan fingerprint density at radius 1 is 1.13 bits per heavy atom. The average Bonchev–Trinajstić information content (AvgIpc) is 2.88. The summed E-state index contributed by atoms with van der Waals surface area (Å²) >= 11 is 0. The number of aromatic carboxylic acids is 1. The van der Waals surface area contributed by atoms with Gasteiger partial charge in [0.15, 0.2) is 0 Å². The lowest BCUT2D eigenvalue weighted by Gasteiger charge is -2.35. The van der Waals surface area contributed by atoms with Crippen LogP contribution in [0.5, 0.6) is 11.5 Å². The quantitative estimate of drug-likeness (QED) is 0.494. The molecule has 1 saturated heterocycles. The molecule has 0 radical (unpaired) electrons. The van der Waals surface area contributed by atoms with Crippen molar-refractivity contribution in [3.05, 3.63) is 59.2 Å². The third-order valence-corrected chi connectivity index (χ3v) is 6.29. The minimum absolute atomic E-state index is 0.0214. The third-order valence-electron chi connectivity index (χ3n) is 6.29. The highest BCUT2D eigenvalue weighted by Crippen LogP contribution is 2.29. The Morgan fingerprint density at radius 3 is 2.55 bits per heavy atom. The monoisotopic (exact) mass is 526 g/mol. The molecule has 0 aliphatic carbocycles. The second-order valence-corrected chi connectivity index (χ2v) is 10.4. The highest BCUT2D eigenvalue weighted by Gasteiger charge is 2.30. The fourth-order valence-electron chi connectivity index (χ4n) is 4.46. The molecule has 3 rings (SSSR count). The fourth-order valence-corrected chi connectivity index (χ4v) is 4.46. The number of methoxy groups -OCH3 is 1. The van der Waals surface area contributed by atoms with Crippen molar-refractivity contribution in [2.75, 3.05) is 33.4 Å². The SMILES string of the molecule is CCOc1cc(OC)ccc1CN(CC(=O)N1CCCC(c2cccc(C(=O)O)c2)C1)C(=O)OC(C)(C)C. The van der Waals surface area contributed by atoms with Crippen LogP contribution in [0.15, 0.2) is 42.5 Å². The van der Waals surface area contributed by atoms with E-state index in [1.54, 1.807) is 63.1 Å². The molecule has 1 fully saturated rings. The van der Waals surface area contributed by atoms with Gasteiger partial charge in [0, 0.05) is 30.6 Å². The first-order valence-corrected chi connectivity index (χ1v) is 12.9. The van der Waals surface area contributed by atoms with E-state index in [1.165, 1.54) is 4.90 Å². The van der Waals surface area contributed by atoms with Gasteiger partial charge >= 0.3 is 12.1 Å². The number of rotatable bonds is 9. The number of piperidine rings is 1. The van der Waals surface area contributed by atoms with Gasteiger partial charge < -0.3 is 24.2 Å². The van der Waals surface area contributed by atoms with Crippen molar-refractivity contribution >= 4 is 18.0 Å². The maximum Gasteiger partial charge on any atom is 0.411 e. The topological polar surface area (TPSA) is 106 Å². The Labute approximate surface area is 224 Å². The number of carbonyl (C=O) groups excluding carboxylic acids is 2. The van der Waals surface area contributed by atoms with Crippen LogP contribution in [0.4, 0.5) is 4.79 Å². The first-order chi connectivity index (χ1) is 18.0. The van der Waals surface area contributed by atoms with Crippen molar-refractivity contribution in [1.82, 2.24) is 9.80 Å². The lowest BCUT2D eigenvalue weighted by molar-refractivity contribution is -0.133. The third kappa shape index (κ3) is 7.87. The smallest absolute Gasteiger partial charge is 0.411 e. The van der Waals surface area contributed by atoms with Crippen LogP contribution in [0.2, 0.25) is 0 Å². The standard InChI is InChI=1S/C29H38N2O7/c1-6-37-25-16-24(36-5)13-12-23(25)18-31(28(35)38-29(2,3)4)19-26(32)30-14-8-11-22(17-30)20-9-7-10-21(15-20)27(33)34/h7,9-10,12-13,15-16,22H,6,8,11,14,17-19H2,1-5H3,(H,33,34). The molecule has 1 N–H and O–H groups in total. The Hall–Kier alpha value is -3.75. The minimum Gasteiger partial charge on any atom is -0.497 e. The molecule has 1 aliphatic rings. The molecular formula is C29H38N2O7. The zero-order valence-electron chi connectivity index (χ0n) is 22.9. The Morgan fingerprint density at radius 2 is 1.89 bits per heavy atom. The van der Waals surface area contributed by atoms with Crippen molar-refractivity contribution in [2.45, 2.75) is 58.6 Å². The summed E-state index contributed by atoms with van der Waals surface area (Å²) in [5.41, 5.74) is 1.12. The number of hydrogen-bond acceptors (Lipinski definition) is 6. The van der Waals surface area contributed by atoms with Crippen LogP contribution in [0.3, 0.4) is 0 Å². The molecule has 1 atom stereocenters. The maximum atomic E-state index is 13.5. The summed E-state index contributed by atoms with van der Waals surface area (Å²) in [6, 6.07) is 12.2. The predicted octanol–water partition coefficient (Wildman–Crippen LogP) is 4.94. The number of hydrogen-bond donors (Lipinski definition) is 1. The van der Waals surface area contributed by atoms with Crippen LogP contribution < -0.4 is 9.47 Å². The van der Waals surface area contributed by atoms with Crippen LogP contribution in [0, 0.1) is 0 Å². The maximum absolute atomic E-state index is 13.5. The van der Waals surface area contributed by atoms with Crippen LogP contribution in [-0.2, 0) is 16.1 Å². The van der Waals surface area contributed by atoms with E-state index in [-0.39, 0.29) is 30.5 Å². The number of amides is 2. The van der Waals surface area contributed by atoms with Crippen LogP contribution in [0.1, 0.15) is 67.9 Å². The molecule has 0 saturated carbocycles. The van der Waals surface area contributed by atoms with E-state index in [2.05, 4.69) is 0 Å². The van der Waals surface area contributed by atoms with Gasteiger partial charge in [0.05, 0.1) is 25.8 Å². The zero-order valence-corrected chi connectivity index (χ0v) is 22.9. The number of carboxylic acids is 1. The lowest BCUT2D eigenvalue weighted by Crippen LogP contribution is -2.47. The summed E-state index contributed by atoms with van der Waals surface area (Å²) in [4.78, 5) is 41.2. The van der Waals surface area contributed by atoms with Crippen molar-refractivity contribution in [1.29, 1.82) is 0 Å². The second-order valence-electron chi connectivity index (χ2n) is 10.4. The molecule has 0 bridgehead atoms. The van der Waals surface area contributed by atoms with Gasteiger partial charge in [-0.2, -0.15) is 0 Å². The summed E-state index contributed by atoms with van der Waals surface area (Å²) in [6.45, 7) is 8.65. The Balaban J connectivity index is 1.80. The fraction of sp³-hybridized carbons (Fsp3) is 0.483. The summed E-state index contributed by atoms with van der Waals surface area (Å²) in [5.74, 6) is 0.0516. The van der Waals surface area contributed by atoms with Gasteiger partial charge in [0.1, 0.15) is 23.6 Å². The Bertz CT molecular complexity index is 1140. The zero-order chi connectivity index (χ0) is 27.9. The summed E-state index contributed by atoms with van der Waals surface area (Å²) < 4.78 is 16.7. The molecule has 0 spiro atoms. The van der Waals surface area contributed by atoms with E-state index in [0.717, 1.165) is 24.0 Å². The van der Waals surface area contributed by atoms with E-state index < -0.39 is 17.7 Å². The van der Waals surface area contributed by atoms with Crippen molar-refractivity contribution in [3.8, 4) is 11.5 Å². The van der Waals surface area contributed by atoms with Crippen LogP contribution in [-0.4, -0.2) is 71.8 Å². The van der Waals surface area contributed by atoms with Gasteiger partial charge in [-0.25, -0.2) is 9.59 Å². The number of nitrogens with zero attached hydrogens (tertiary/aromatic N) is 2. The predicted molar refractivity (Wildman–Crippen MR) is 143 cm³/mol. The number of ether oxygens (including phenoxy) is 3. The summed E-state index contributed by atoms with van der Waals surface area (Å²) in [5, 5.41) is 9.35. The van der Waals surface area contributed by atoms with Gasteiger partial charge in [-0.1, -0.05) is 12.1 Å². The molecule has 0 aromatic heterocycles. The molecule has 206 valence electrons. The molecule has 1 aliphatic heterocycles. The average molecular weight is 527 g/mol. The van der Waals surface area contributed by atoms with E-state index in [9.17, 15) is 19.5 Å². The van der Waals surface area contributed by atoms with Crippen molar-refractivity contribution < 1.29 is 33.7 Å². The van der Waals surface area contributed by atoms with Gasteiger partial charge in [0.25, 0.3) is 0 Å². The molecule has 2 aromatic carbocycles. The Kier molecular flexibility index (Phi) is 9.61. The van der Waals surface area contributed by atoms with Crippen LogP contribution in [0.25, 0.3) is 0 Å². The van der Waals surface area contributed by atoms with Crippen molar-refractivity contribution in [3.63, 3.8) is 0 Å². The van der Waals surface area contributed by atoms with E-state index >= 15 is 0 Å². The van der Waals surface area contributed by atoms with Gasteiger partial charge in [-0.3, -0.25) is 9.69 Å². The first kappa shape index (κ1) is 28.8. The minimum atomic E-state index is -0.978. The molecule has 2 amide bonds. The molecule has 1 heterocycles. The summed E-state index contributed by atoms with van der Waals surface area (Å²) in [6.07, 6.45) is 1.05. The molecule has 9 nitrogen and oxygen atoms in total. The van der Waals surface area contributed by atoms with E-state index in [1.807, 2.05) is 19.1 Å². The van der Waals surface area contributed by atoms with Gasteiger partial charge in [0.2, 0.25) is 5.91 Å². The molecule has 1 unspecified atom stereocenters. The highest BCUT2D eigenvalue weighted by molar-refractivity contribution is 5.87. The summed E-state index contributed by atoms with van der Waals surface area (Å²) in [7, 11) is 1.57. The number of benzene rings is 2. The van der Waals surface area contributed by atoms with E-state index in [4.69, 9.17) is 14.2 Å². The van der Waals surface area contributed by atoms with Gasteiger partial charge in [-0.05, 0) is 70.4 Å². The lowest BCUT2D eigenvalue weighted by atomic mass is 9.89. The molecular weight excluding hydrogens is 488 g/mol. The number of carbonyl (C=O) groups is 3. The van der Waals surface area contributed by atoms with Crippen molar-refractivity contribution in [2.24, 2.45) is 0 Å². The normalized spacial score (nSPS) is 15.5. The highest BCUT2D eigenvalue weighted by atomic mass is 16.6. The molecule has 38 heavy (non-hydrogen) atoms. The van der Waals surface area contributed by atoms with Crippen LogP contribution >= 0.6 is 0 Å². The number of carboxylic acid groups (broad SMARTS) is 1. The number of likely N-dealkylation sites (tertiary alicyclic amines) is 1. The van der Waals surface area contributed by atoms with E-state index in [0.29, 0.717) is 31.2 Å². The first-order valence-electron chi connectivity index (χ1n) is 12.9. The largest absolute Gasteiger partial charge is 0.497 e. The second kappa shape index (κ2) is 12.7. The molecule has 2 aromatic rings.